The molecule has 2 aromatic carbocycles. The Morgan fingerprint density at radius 3 is 2.00 bits per heavy atom. The molecule has 0 saturated carbocycles. The zero-order chi connectivity index (χ0) is 17.2. The standard InChI is InChI=1S/C20H23Br2N/c1-19(2,3)11-8-7-9-14-15(11)16-12(20(4,5)6)10-13(21)17(22)18(16)23-14/h7-10,23H,1-6H3. The molecule has 122 valence electrons. The molecule has 0 spiro atoms. The molecule has 0 bridgehead atoms. The van der Waals surface area contributed by atoms with Crippen molar-refractivity contribution >= 4 is 53.7 Å². The van der Waals surface area contributed by atoms with Gasteiger partial charge in [0.2, 0.25) is 0 Å². The third-order valence-electron chi connectivity index (χ3n) is 4.41. The van der Waals surface area contributed by atoms with Crippen molar-refractivity contribution in [2.45, 2.75) is 52.4 Å². The average molecular weight is 437 g/mol. The highest BCUT2D eigenvalue weighted by Crippen LogP contribution is 2.44. The number of hydrogen-bond acceptors (Lipinski definition) is 0. The van der Waals surface area contributed by atoms with Crippen LogP contribution in [0.15, 0.2) is 33.2 Å². The average Bonchev–Trinajstić information content (AvgIpc) is 2.79. The molecule has 0 saturated heterocycles. The van der Waals surface area contributed by atoms with E-state index in [1.807, 2.05) is 0 Å². The largest absolute Gasteiger partial charge is 0.354 e. The van der Waals surface area contributed by atoms with Crippen LogP contribution in [0.1, 0.15) is 52.7 Å². The normalized spacial score (nSPS) is 13.2. The van der Waals surface area contributed by atoms with E-state index in [-0.39, 0.29) is 10.8 Å². The van der Waals surface area contributed by atoms with Gasteiger partial charge in [-0.3, -0.25) is 0 Å². The van der Waals surface area contributed by atoms with Crippen LogP contribution in [0.4, 0.5) is 0 Å². The molecule has 1 N–H and O–H groups in total. The molecule has 0 fully saturated rings. The van der Waals surface area contributed by atoms with E-state index < -0.39 is 0 Å². The first-order chi connectivity index (χ1) is 10.5. The summed E-state index contributed by atoms with van der Waals surface area (Å²) in [7, 11) is 0. The molecular weight excluding hydrogens is 414 g/mol. The van der Waals surface area contributed by atoms with Crippen molar-refractivity contribution in [3.63, 3.8) is 0 Å². The van der Waals surface area contributed by atoms with Gasteiger partial charge >= 0.3 is 0 Å². The quantitative estimate of drug-likeness (QED) is 0.376. The zero-order valence-corrected chi connectivity index (χ0v) is 17.7. The Hall–Kier alpha value is -0.800. The zero-order valence-electron chi connectivity index (χ0n) is 14.6. The molecule has 0 aliphatic carbocycles. The van der Waals surface area contributed by atoms with Crippen LogP contribution in [0.5, 0.6) is 0 Å². The summed E-state index contributed by atoms with van der Waals surface area (Å²) in [5, 5.41) is 2.70. The Balaban J connectivity index is 2.63. The molecule has 0 atom stereocenters. The van der Waals surface area contributed by atoms with E-state index >= 15 is 0 Å². The maximum absolute atomic E-state index is 3.76. The van der Waals surface area contributed by atoms with E-state index in [1.165, 1.54) is 32.9 Å². The van der Waals surface area contributed by atoms with Crippen LogP contribution in [0, 0.1) is 0 Å². The highest BCUT2D eigenvalue weighted by atomic mass is 79.9. The van der Waals surface area contributed by atoms with Gasteiger partial charge in [-0.05, 0) is 65.9 Å². The monoisotopic (exact) mass is 435 g/mol. The smallest absolute Gasteiger partial charge is 0.0623 e. The van der Waals surface area contributed by atoms with Gasteiger partial charge in [-0.25, -0.2) is 0 Å². The summed E-state index contributed by atoms with van der Waals surface area (Å²) >= 11 is 7.46. The fourth-order valence-corrected chi connectivity index (χ4v) is 4.12. The first-order valence-electron chi connectivity index (χ1n) is 7.95. The van der Waals surface area contributed by atoms with Gasteiger partial charge in [0.25, 0.3) is 0 Å². The lowest BCUT2D eigenvalue weighted by Gasteiger charge is -2.24. The van der Waals surface area contributed by atoms with Gasteiger partial charge in [0.1, 0.15) is 0 Å². The van der Waals surface area contributed by atoms with Crippen molar-refractivity contribution in [2.75, 3.05) is 0 Å². The van der Waals surface area contributed by atoms with Crippen LogP contribution in [-0.2, 0) is 10.8 Å². The van der Waals surface area contributed by atoms with Crippen LogP contribution >= 0.6 is 31.9 Å². The van der Waals surface area contributed by atoms with E-state index in [9.17, 15) is 0 Å². The van der Waals surface area contributed by atoms with Crippen molar-refractivity contribution in [2.24, 2.45) is 0 Å². The Labute approximate surface area is 155 Å². The molecular formula is C20H23Br2N. The van der Waals surface area contributed by atoms with Crippen molar-refractivity contribution in [3.8, 4) is 0 Å². The molecule has 0 aliphatic rings. The molecule has 3 heteroatoms. The van der Waals surface area contributed by atoms with Crippen LogP contribution in [0.2, 0.25) is 0 Å². The summed E-state index contributed by atoms with van der Waals surface area (Å²) in [4.78, 5) is 3.64. The number of rotatable bonds is 0. The topological polar surface area (TPSA) is 15.8 Å². The van der Waals surface area contributed by atoms with Crippen molar-refractivity contribution in [1.29, 1.82) is 0 Å². The number of fused-ring (bicyclic) bond motifs is 3. The minimum absolute atomic E-state index is 0.0710. The Morgan fingerprint density at radius 2 is 1.43 bits per heavy atom. The van der Waals surface area contributed by atoms with Crippen molar-refractivity contribution in [1.82, 2.24) is 4.98 Å². The first-order valence-corrected chi connectivity index (χ1v) is 9.54. The first kappa shape index (κ1) is 17.0. The molecule has 23 heavy (non-hydrogen) atoms. The highest BCUT2D eigenvalue weighted by molar-refractivity contribution is 9.13. The number of halogens is 2. The fraction of sp³-hybridized carbons (Fsp3) is 0.400. The third kappa shape index (κ3) is 2.76. The van der Waals surface area contributed by atoms with E-state index in [0.29, 0.717) is 0 Å². The van der Waals surface area contributed by atoms with Gasteiger partial charge in [-0.1, -0.05) is 53.7 Å². The summed E-state index contributed by atoms with van der Waals surface area (Å²) in [6.45, 7) is 13.7. The molecule has 0 amide bonds. The lowest BCUT2D eigenvalue weighted by atomic mass is 9.80. The van der Waals surface area contributed by atoms with Crippen LogP contribution in [0.3, 0.4) is 0 Å². The van der Waals surface area contributed by atoms with E-state index in [4.69, 9.17) is 0 Å². The minimum Gasteiger partial charge on any atom is -0.354 e. The fourth-order valence-electron chi connectivity index (χ4n) is 3.28. The maximum atomic E-state index is 3.76. The Bertz CT molecular complexity index is 905. The molecule has 1 aromatic heterocycles. The van der Waals surface area contributed by atoms with Crippen LogP contribution < -0.4 is 0 Å². The Kier molecular flexibility index (Phi) is 3.97. The van der Waals surface area contributed by atoms with Gasteiger partial charge in [-0.15, -0.1) is 0 Å². The molecule has 3 rings (SSSR count). The van der Waals surface area contributed by atoms with Crippen LogP contribution in [-0.4, -0.2) is 4.98 Å². The molecule has 3 aromatic rings. The summed E-state index contributed by atoms with van der Waals surface area (Å²) in [6, 6.07) is 8.85. The summed E-state index contributed by atoms with van der Waals surface area (Å²) < 4.78 is 2.19. The number of nitrogens with one attached hydrogen (secondary N) is 1. The molecule has 0 unspecified atom stereocenters. The van der Waals surface area contributed by atoms with Gasteiger partial charge in [0.05, 0.1) is 9.99 Å². The predicted molar refractivity (Wildman–Crippen MR) is 109 cm³/mol. The maximum Gasteiger partial charge on any atom is 0.0623 e. The van der Waals surface area contributed by atoms with Crippen molar-refractivity contribution < 1.29 is 0 Å². The van der Waals surface area contributed by atoms with Gasteiger partial charge in [0, 0.05) is 20.8 Å². The number of aromatic nitrogens is 1. The lowest BCUT2D eigenvalue weighted by Crippen LogP contribution is -2.14. The summed E-state index contributed by atoms with van der Waals surface area (Å²) in [5.74, 6) is 0. The molecule has 0 aliphatic heterocycles. The molecule has 1 nitrogen and oxygen atoms in total. The van der Waals surface area contributed by atoms with Crippen LogP contribution in [0.25, 0.3) is 21.8 Å². The van der Waals surface area contributed by atoms with E-state index in [0.717, 1.165) is 8.95 Å². The highest BCUT2D eigenvalue weighted by Gasteiger charge is 2.26. The second-order valence-electron chi connectivity index (χ2n) is 8.32. The van der Waals surface area contributed by atoms with Gasteiger partial charge in [-0.2, -0.15) is 0 Å². The second-order valence-corrected chi connectivity index (χ2v) is 9.97. The minimum atomic E-state index is 0.0710. The lowest BCUT2D eigenvalue weighted by molar-refractivity contribution is 0.592. The molecule has 0 radical (unpaired) electrons. The number of H-pyrrole nitrogens is 1. The summed E-state index contributed by atoms with van der Waals surface area (Å²) in [5.41, 5.74) is 5.31. The van der Waals surface area contributed by atoms with E-state index in [2.05, 4.69) is 103 Å². The van der Waals surface area contributed by atoms with Crippen molar-refractivity contribution in [3.05, 3.63) is 44.3 Å². The summed E-state index contributed by atoms with van der Waals surface area (Å²) in [6.07, 6.45) is 0. The molecule has 1 heterocycles. The predicted octanol–water partition coefficient (Wildman–Crippen LogP) is 7.44. The number of hydrogen-bond donors (Lipinski definition) is 1. The van der Waals surface area contributed by atoms with E-state index in [1.54, 1.807) is 0 Å². The number of benzene rings is 2. The Morgan fingerprint density at radius 1 is 0.826 bits per heavy atom. The SMILES string of the molecule is CC(C)(C)c1cccc2[nH]c3c(Br)c(Br)cc(C(C)(C)C)c3c12. The number of aromatic amines is 1. The van der Waals surface area contributed by atoms with Gasteiger partial charge in [0.15, 0.2) is 0 Å². The van der Waals surface area contributed by atoms with Gasteiger partial charge < -0.3 is 4.98 Å². The second kappa shape index (κ2) is 5.35. The third-order valence-corrected chi connectivity index (χ3v) is 6.39.